The van der Waals surface area contributed by atoms with Crippen molar-refractivity contribution in [3.05, 3.63) is 23.8 Å². The van der Waals surface area contributed by atoms with Gasteiger partial charge in [0.05, 0.1) is 27.4 Å². The van der Waals surface area contributed by atoms with E-state index >= 15 is 0 Å². The Bertz CT molecular complexity index is 614. The fraction of sp³-hybridized carbons (Fsp3) is 0.579. The van der Waals surface area contributed by atoms with E-state index in [2.05, 4.69) is 0 Å². The number of rotatable bonds is 8. The average Bonchev–Trinajstić information content (AvgIpc) is 2.67. The molecule has 1 aliphatic rings. The third-order valence-corrected chi connectivity index (χ3v) is 4.52. The molecule has 0 saturated carbocycles. The first-order valence-corrected chi connectivity index (χ1v) is 8.87. The molecule has 0 bridgehead atoms. The van der Waals surface area contributed by atoms with Gasteiger partial charge in [0.25, 0.3) is 0 Å². The zero-order valence-corrected chi connectivity index (χ0v) is 15.8. The van der Waals surface area contributed by atoms with Gasteiger partial charge in [-0.25, -0.2) is 0 Å². The van der Waals surface area contributed by atoms with Crippen molar-refractivity contribution in [3.8, 4) is 11.5 Å². The summed E-state index contributed by atoms with van der Waals surface area (Å²) in [6.07, 6.45) is 1.02. The molecule has 1 aliphatic heterocycles. The lowest BCUT2D eigenvalue weighted by Crippen LogP contribution is -2.42. The fourth-order valence-corrected chi connectivity index (χ4v) is 2.93. The topological polar surface area (TPSA) is 68.3 Å². The predicted molar refractivity (Wildman–Crippen MR) is 97.5 cm³/mol. The summed E-state index contributed by atoms with van der Waals surface area (Å²) in [6, 6.07) is 5.73. The summed E-state index contributed by atoms with van der Waals surface area (Å²) in [5.74, 6) is 1.39. The lowest BCUT2D eigenvalue weighted by atomic mass is 10.1. The molecule has 0 atom stereocenters. The molecule has 2 amide bonds. The summed E-state index contributed by atoms with van der Waals surface area (Å²) in [5, 5.41) is 0. The summed E-state index contributed by atoms with van der Waals surface area (Å²) < 4.78 is 15.8. The van der Waals surface area contributed by atoms with E-state index in [0.29, 0.717) is 63.7 Å². The monoisotopic (exact) mass is 364 g/mol. The van der Waals surface area contributed by atoms with Crippen molar-refractivity contribution in [2.75, 3.05) is 53.6 Å². The Morgan fingerprint density at radius 2 is 1.81 bits per heavy atom. The van der Waals surface area contributed by atoms with Gasteiger partial charge >= 0.3 is 0 Å². The van der Waals surface area contributed by atoms with Gasteiger partial charge in [-0.05, 0) is 24.1 Å². The van der Waals surface area contributed by atoms with Gasteiger partial charge in [0.2, 0.25) is 11.8 Å². The second-order valence-electron chi connectivity index (χ2n) is 6.19. The van der Waals surface area contributed by atoms with E-state index in [1.54, 1.807) is 24.0 Å². The van der Waals surface area contributed by atoms with Gasteiger partial charge < -0.3 is 24.0 Å². The van der Waals surface area contributed by atoms with Crippen molar-refractivity contribution in [2.45, 2.75) is 19.8 Å². The number of ether oxygens (including phenoxy) is 3. The molecule has 1 aromatic carbocycles. The molecule has 0 aliphatic carbocycles. The highest BCUT2D eigenvalue weighted by Crippen LogP contribution is 2.27. The second kappa shape index (κ2) is 10.0. The molecule has 1 heterocycles. The first-order chi connectivity index (χ1) is 12.5. The fourth-order valence-electron chi connectivity index (χ4n) is 2.93. The zero-order chi connectivity index (χ0) is 18.9. The summed E-state index contributed by atoms with van der Waals surface area (Å²) in [6.45, 7) is 4.95. The van der Waals surface area contributed by atoms with E-state index in [1.165, 1.54) is 6.92 Å². The smallest absolute Gasteiger partial charge is 0.224 e. The Morgan fingerprint density at radius 1 is 1.12 bits per heavy atom. The Hall–Kier alpha value is -2.28. The van der Waals surface area contributed by atoms with E-state index in [9.17, 15) is 9.59 Å². The van der Waals surface area contributed by atoms with Crippen molar-refractivity contribution in [3.63, 3.8) is 0 Å². The summed E-state index contributed by atoms with van der Waals surface area (Å²) >= 11 is 0. The molecule has 0 aromatic heterocycles. The number of nitrogens with zero attached hydrogens (tertiary/aromatic N) is 2. The van der Waals surface area contributed by atoms with E-state index in [1.807, 2.05) is 18.2 Å². The largest absolute Gasteiger partial charge is 0.493 e. The van der Waals surface area contributed by atoms with Crippen LogP contribution < -0.4 is 9.47 Å². The Balaban J connectivity index is 1.87. The molecule has 0 spiro atoms. The van der Waals surface area contributed by atoms with Crippen LogP contribution in [0.4, 0.5) is 0 Å². The molecule has 1 fully saturated rings. The standard InChI is InChI=1S/C19H28N2O5/c1-15(22)20(9-7-19(23)21-10-12-26-13-11-21)8-6-16-4-5-17(24-2)18(14-16)25-3/h4-5,14H,6-13H2,1-3H3. The highest BCUT2D eigenvalue weighted by molar-refractivity contribution is 5.78. The van der Waals surface area contributed by atoms with E-state index in [4.69, 9.17) is 14.2 Å². The van der Waals surface area contributed by atoms with Crippen LogP contribution in [0.2, 0.25) is 0 Å². The lowest BCUT2D eigenvalue weighted by Gasteiger charge is -2.28. The minimum Gasteiger partial charge on any atom is -0.493 e. The third-order valence-electron chi connectivity index (χ3n) is 4.52. The summed E-state index contributed by atoms with van der Waals surface area (Å²) in [7, 11) is 3.20. The number of carbonyl (C=O) groups excluding carboxylic acids is 2. The van der Waals surface area contributed by atoms with Gasteiger partial charge in [-0.15, -0.1) is 0 Å². The van der Waals surface area contributed by atoms with Crippen LogP contribution in [0.1, 0.15) is 18.9 Å². The molecule has 26 heavy (non-hydrogen) atoms. The van der Waals surface area contributed by atoms with Gasteiger partial charge in [0, 0.05) is 39.5 Å². The van der Waals surface area contributed by atoms with Crippen LogP contribution in [0.5, 0.6) is 11.5 Å². The first-order valence-electron chi connectivity index (χ1n) is 8.87. The van der Waals surface area contributed by atoms with Gasteiger partial charge in [0.15, 0.2) is 11.5 Å². The van der Waals surface area contributed by atoms with Gasteiger partial charge in [-0.2, -0.15) is 0 Å². The van der Waals surface area contributed by atoms with Crippen LogP contribution in [0.3, 0.4) is 0 Å². The van der Waals surface area contributed by atoms with E-state index in [0.717, 1.165) is 5.56 Å². The Kier molecular flexibility index (Phi) is 7.72. The minimum absolute atomic E-state index is 0.0275. The maximum absolute atomic E-state index is 12.3. The number of amides is 2. The first kappa shape index (κ1) is 20.0. The molecule has 7 nitrogen and oxygen atoms in total. The quantitative estimate of drug-likeness (QED) is 0.696. The van der Waals surface area contributed by atoms with Gasteiger partial charge in [0.1, 0.15) is 0 Å². The number of hydrogen-bond donors (Lipinski definition) is 0. The molecule has 1 saturated heterocycles. The zero-order valence-electron chi connectivity index (χ0n) is 15.8. The molecule has 0 N–H and O–H groups in total. The number of hydrogen-bond acceptors (Lipinski definition) is 5. The van der Waals surface area contributed by atoms with Gasteiger partial charge in [-0.1, -0.05) is 6.07 Å². The Morgan fingerprint density at radius 3 is 2.42 bits per heavy atom. The van der Waals surface area contributed by atoms with E-state index < -0.39 is 0 Å². The van der Waals surface area contributed by atoms with Crippen LogP contribution in [-0.2, 0) is 20.7 Å². The number of carbonyl (C=O) groups is 2. The third kappa shape index (κ3) is 5.62. The second-order valence-corrected chi connectivity index (χ2v) is 6.19. The minimum atomic E-state index is -0.0275. The number of morpholine rings is 1. The highest BCUT2D eigenvalue weighted by atomic mass is 16.5. The van der Waals surface area contributed by atoms with Gasteiger partial charge in [-0.3, -0.25) is 9.59 Å². The Labute approximate surface area is 154 Å². The van der Waals surface area contributed by atoms with Crippen molar-refractivity contribution in [2.24, 2.45) is 0 Å². The van der Waals surface area contributed by atoms with Crippen molar-refractivity contribution in [1.82, 2.24) is 9.80 Å². The molecule has 1 aromatic rings. The van der Waals surface area contributed by atoms with Crippen LogP contribution in [0.15, 0.2) is 18.2 Å². The van der Waals surface area contributed by atoms with Crippen LogP contribution in [-0.4, -0.2) is 75.2 Å². The number of methoxy groups -OCH3 is 2. The van der Waals surface area contributed by atoms with Crippen molar-refractivity contribution in [1.29, 1.82) is 0 Å². The summed E-state index contributed by atoms with van der Waals surface area (Å²) in [4.78, 5) is 27.7. The summed E-state index contributed by atoms with van der Waals surface area (Å²) in [5.41, 5.74) is 1.05. The molecule has 0 radical (unpaired) electrons. The predicted octanol–water partition coefficient (Wildman–Crippen LogP) is 1.34. The molecule has 144 valence electrons. The molecular formula is C19H28N2O5. The highest BCUT2D eigenvalue weighted by Gasteiger charge is 2.18. The van der Waals surface area contributed by atoms with Crippen molar-refractivity contribution >= 4 is 11.8 Å². The molecule has 2 rings (SSSR count). The van der Waals surface area contributed by atoms with Crippen molar-refractivity contribution < 1.29 is 23.8 Å². The maximum Gasteiger partial charge on any atom is 0.224 e. The average molecular weight is 364 g/mol. The van der Waals surface area contributed by atoms with Crippen LogP contribution in [0, 0.1) is 0 Å². The van der Waals surface area contributed by atoms with E-state index in [-0.39, 0.29) is 11.8 Å². The molecule has 7 heteroatoms. The number of benzene rings is 1. The normalized spacial score (nSPS) is 14.0. The molecular weight excluding hydrogens is 336 g/mol. The lowest BCUT2D eigenvalue weighted by molar-refractivity contribution is -0.136. The molecule has 0 unspecified atom stereocenters. The van der Waals surface area contributed by atoms with Crippen LogP contribution >= 0.6 is 0 Å². The maximum atomic E-state index is 12.3. The SMILES string of the molecule is COc1ccc(CCN(CCC(=O)N2CCOCC2)C(C)=O)cc1OC. The van der Waals surface area contributed by atoms with Crippen LogP contribution in [0.25, 0.3) is 0 Å².